The second-order valence-corrected chi connectivity index (χ2v) is 15.4. The van der Waals surface area contributed by atoms with E-state index in [1.807, 2.05) is 0 Å². The van der Waals surface area contributed by atoms with E-state index in [9.17, 15) is 43.2 Å². The van der Waals surface area contributed by atoms with Gasteiger partial charge in [-0.25, -0.2) is 42.7 Å². The average molecular weight is 1000 g/mol. The van der Waals surface area contributed by atoms with E-state index in [2.05, 4.69) is 0 Å². The molecule has 0 bridgehead atoms. The van der Waals surface area contributed by atoms with Crippen molar-refractivity contribution in [2.45, 2.75) is 18.3 Å². The fraction of sp³-hybridized carbons (Fsp3) is 0.188. The zero-order valence-corrected chi connectivity index (χ0v) is 37.5. The number of nitrogens with zero attached hydrogens (tertiary/aromatic N) is 3. The van der Waals surface area contributed by atoms with Crippen LogP contribution < -0.4 is 59.8 Å². The predicted octanol–water partition coefficient (Wildman–Crippen LogP) is 7.58. The molecule has 24 heteroatoms. The predicted molar refractivity (Wildman–Crippen MR) is 243 cm³/mol. The summed E-state index contributed by atoms with van der Waals surface area (Å²) in [5.41, 5.74) is 14.9. The van der Waals surface area contributed by atoms with Gasteiger partial charge in [-0.15, -0.1) is 0 Å². The lowest BCUT2D eigenvalue weighted by Gasteiger charge is -2.28. The summed E-state index contributed by atoms with van der Waals surface area (Å²) in [6.45, 7) is 0.105. The van der Waals surface area contributed by atoms with Gasteiger partial charge in [-0.05, 0) is 109 Å². The van der Waals surface area contributed by atoms with Crippen molar-refractivity contribution in [1.29, 1.82) is 0 Å². The molecule has 0 aliphatic carbocycles. The quantitative estimate of drug-likeness (QED) is 0.0509. The van der Waals surface area contributed by atoms with Crippen molar-refractivity contribution < 1.29 is 85.8 Å². The van der Waals surface area contributed by atoms with Crippen LogP contribution >= 0.6 is 0 Å². The smallest absolute Gasteiger partial charge is 0.338 e. The topological polar surface area (TPSA) is 283 Å². The monoisotopic (exact) mass is 1000 g/mol. The van der Waals surface area contributed by atoms with Crippen molar-refractivity contribution in [1.82, 2.24) is 15.2 Å². The molecule has 378 valence electrons. The number of nitrogens with two attached hydrogens (primary N) is 3. The zero-order chi connectivity index (χ0) is 51.3. The Kier molecular flexibility index (Phi) is 16.6. The molecule has 9 rings (SSSR count). The molecule has 9 N–H and O–H groups in total. The molecule has 2 unspecified atom stereocenters. The highest BCUT2D eigenvalue weighted by Crippen LogP contribution is 2.39. The highest BCUT2D eigenvalue weighted by Gasteiger charge is 2.28. The molecule has 0 fully saturated rings. The molecule has 3 atom stereocenters. The number of benzene rings is 6. The Hall–Kier alpha value is -9.00. The fourth-order valence-corrected chi connectivity index (χ4v) is 6.51. The molecule has 0 radical (unpaired) electrons. The number of rotatable bonds is 12. The van der Waals surface area contributed by atoms with Gasteiger partial charge in [0, 0.05) is 18.2 Å². The first kappa shape index (κ1) is 50.9. The normalized spacial score (nSPS) is 15.7. The van der Waals surface area contributed by atoms with Crippen molar-refractivity contribution in [2.75, 3.05) is 39.5 Å². The van der Waals surface area contributed by atoms with Crippen molar-refractivity contribution >= 4 is 18.1 Å². The molecule has 0 saturated heterocycles. The SMILES string of the molecule is NC(=O)N(O)CC1COc2ccc(Oc3ccc(F)cc3)cc2O1.NC(=O)N(O)CC1COc2ccc(Oc3ccc(F)cc3)cc2O1.NC(=O)N(O)C[C@H]1COc2ccc(Oc3ccc(F)cc3)cc2O1. The number of hydroxylamine groups is 6. The van der Waals surface area contributed by atoms with E-state index in [0.29, 0.717) is 84.2 Å². The number of amides is 6. The van der Waals surface area contributed by atoms with Crippen LogP contribution in [-0.4, -0.2) is 107 Å². The number of carbonyl (C=O) groups excluding carboxylic acids is 3. The van der Waals surface area contributed by atoms with E-state index in [0.717, 1.165) is 0 Å². The lowest BCUT2D eigenvalue weighted by molar-refractivity contribution is -0.0715. The van der Waals surface area contributed by atoms with Gasteiger partial charge in [-0.2, -0.15) is 0 Å². The maximum absolute atomic E-state index is 12.9. The summed E-state index contributed by atoms with van der Waals surface area (Å²) in [6, 6.07) is 28.8. The van der Waals surface area contributed by atoms with Crippen molar-refractivity contribution in [3.05, 3.63) is 145 Å². The van der Waals surface area contributed by atoms with Crippen LogP contribution in [0.1, 0.15) is 0 Å². The number of fused-ring (bicyclic) bond motifs is 3. The highest BCUT2D eigenvalue weighted by atomic mass is 19.1. The first-order chi connectivity index (χ1) is 34.5. The molecule has 0 aromatic heterocycles. The van der Waals surface area contributed by atoms with Gasteiger partial charge in [0.2, 0.25) is 0 Å². The molecular formula is C48H45F3N6O15. The Balaban J connectivity index is 0.000000158. The Labute approximate surface area is 407 Å². The number of halogens is 3. The van der Waals surface area contributed by atoms with Gasteiger partial charge >= 0.3 is 18.1 Å². The Morgan fingerprint density at radius 3 is 0.889 bits per heavy atom. The summed E-state index contributed by atoms with van der Waals surface area (Å²) in [6.07, 6.45) is -1.72. The van der Waals surface area contributed by atoms with E-state index >= 15 is 0 Å². The van der Waals surface area contributed by atoms with Gasteiger partial charge in [0.25, 0.3) is 0 Å². The first-order valence-electron chi connectivity index (χ1n) is 21.4. The summed E-state index contributed by atoms with van der Waals surface area (Å²) in [4.78, 5) is 32.6. The number of hydrogen-bond acceptors (Lipinski definition) is 15. The molecule has 3 aliphatic heterocycles. The number of urea groups is 3. The van der Waals surface area contributed by atoms with Crippen LogP contribution in [0.4, 0.5) is 27.6 Å². The summed E-state index contributed by atoms with van der Waals surface area (Å²) in [5.74, 6) is 4.54. The molecule has 3 aliphatic rings. The summed E-state index contributed by atoms with van der Waals surface area (Å²) >= 11 is 0. The molecule has 72 heavy (non-hydrogen) atoms. The Bertz CT molecular complexity index is 2520. The largest absolute Gasteiger partial charge is 0.486 e. The third-order valence-corrected chi connectivity index (χ3v) is 9.94. The third-order valence-electron chi connectivity index (χ3n) is 9.94. The zero-order valence-electron chi connectivity index (χ0n) is 37.5. The van der Waals surface area contributed by atoms with Crippen LogP contribution in [0.25, 0.3) is 0 Å². The Morgan fingerprint density at radius 1 is 0.417 bits per heavy atom. The Morgan fingerprint density at radius 2 is 0.653 bits per heavy atom. The maximum atomic E-state index is 12.9. The standard InChI is InChI=1S/3C16H15FN2O5/c3*17-10-1-3-11(4-2-10)23-12-5-6-14-15(7-12)24-13(9-22-14)8-19(21)16(18)20/h3*1-7,13,21H,8-9H2,(H2,18,20)/t13-;;/m0../s1. The van der Waals surface area contributed by atoms with Gasteiger partial charge in [-0.1, -0.05) is 0 Å². The average Bonchev–Trinajstić information content (AvgIpc) is 3.36. The summed E-state index contributed by atoms with van der Waals surface area (Å²) in [7, 11) is 0. The number of carbonyl (C=O) groups is 3. The number of primary amides is 3. The van der Waals surface area contributed by atoms with Gasteiger partial charge in [0.1, 0.15) is 71.8 Å². The third kappa shape index (κ3) is 14.5. The van der Waals surface area contributed by atoms with E-state index in [-0.39, 0.29) is 56.9 Å². The lowest BCUT2D eigenvalue weighted by atomic mass is 10.2. The lowest BCUT2D eigenvalue weighted by Crippen LogP contribution is -2.44. The minimum atomic E-state index is -0.974. The number of hydrogen-bond donors (Lipinski definition) is 6. The van der Waals surface area contributed by atoms with Gasteiger partial charge in [0.15, 0.2) is 52.8 Å². The molecule has 6 amide bonds. The van der Waals surface area contributed by atoms with Crippen LogP contribution in [0.15, 0.2) is 127 Å². The van der Waals surface area contributed by atoms with Crippen LogP contribution in [-0.2, 0) is 0 Å². The van der Waals surface area contributed by atoms with E-state index in [4.69, 9.17) is 59.8 Å². The molecule has 6 aromatic rings. The molecule has 6 aromatic carbocycles. The minimum absolute atomic E-state index is 0.127. The van der Waals surface area contributed by atoms with E-state index in [1.54, 1.807) is 54.6 Å². The molecule has 21 nitrogen and oxygen atoms in total. The van der Waals surface area contributed by atoms with E-state index in [1.165, 1.54) is 72.8 Å². The minimum Gasteiger partial charge on any atom is -0.486 e. The van der Waals surface area contributed by atoms with Crippen molar-refractivity contribution in [3.63, 3.8) is 0 Å². The second kappa shape index (κ2) is 23.5. The van der Waals surface area contributed by atoms with Gasteiger partial charge < -0.3 is 59.8 Å². The molecular weight excluding hydrogens is 958 g/mol. The summed E-state index contributed by atoms with van der Waals surface area (Å²) < 4.78 is 89.1. The highest BCUT2D eigenvalue weighted by molar-refractivity contribution is 5.71. The molecule has 0 spiro atoms. The van der Waals surface area contributed by atoms with Gasteiger partial charge in [-0.3, -0.25) is 15.6 Å². The fourth-order valence-electron chi connectivity index (χ4n) is 6.51. The van der Waals surface area contributed by atoms with Crippen LogP contribution in [0.5, 0.6) is 69.0 Å². The first-order valence-corrected chi connectivity index (χ1v) is 21.4. The van der Waals surface area contributed by atoms with E-state index < -0.39 is 36.4 Å². The number of ether oxygens (including phenoxy) is 9. The van der Waals surface area contributed by atoms with Crippen LogP contribution in [0.2, 0.25) is 0 Å². The van der Waals surface area contributed by atoms with Crippen LogP contribution in [0, 0.1) is 17.5 Å². The molecule has 0 saturated carbocycles. The molecule has 3 heterocycles. The van der Waals surface area contributed by atoms with Crippen molar-refractivity contribution in [3.8, 4) is 69.0 Å². The second-order valence-electron chi connectivity index (χ2n) is 15.4. The van der Waals surface area contributed by atoms with Crippen LogP contribution in [0.3, 0.4) is 0 Å². The summed E-state index contributed by atoms with van der Waals surface area (Å²) in [5, 5.41) is 29.2. The maximum Gasteiger partial charge on any atom is 0.338 e. The van der Waals surface area contributed by atoms with Gasteiger partial charge in [0.05, 0.1) is 19.6 Å². The van der Waals surface area contributed by atoms with Crippen molar-refractivity contribution in [2.24, 2.45) is 17.2 Å².